The normalized spacial score (nSPS) is 15.3. The molecule has 1 fully saturated rings. The Labute approximate surface area is 236 Å². The summed E-state index contributed by atoms with van der Waals surface area (Å²) in [6, 6.07) is 18.8. The van der Waals surface area contributed by atoms with Crippen molar-refractivity contribution in [2.24, 2.45) is 0 Å². The molecule has 5 rings (SSSR count). The van der Waals surface area contributed by atoms with Gasteiger partial charge in [0.25, 0.3) is 5.91 Å². The van der Waals surface area contributed by atoms with Gasteiger partial charge in [-0.15, -0.1) is 0 Å². The second kappa shape index (κ2) is 12.1. The molecule has 0 saturated carbocycles. The van der Waals surface area contributed by atoms with Gasteiger partial charge in [-0.2, -0.15) is 0 Å². The first-order chi connectivity index (χ1) is 19.9. The molecule has 0 bridgehead atoms. The van der Waals surface area contributed by atoms with Crippen molar-refractivity contribution < 1.29 is 33.8 Å². The molecule has 1 aliphatic heterocycles. The van der Waals surface area contributed by atoms with Crippen LogP contribution >= 0.6 is 0 Å². The van der Waals surface area contributed by atoms with Crippen LogP contribution in [-0.4, -0.2) is 83.2 Å². The number of fused-ring (bicyclic) bond motifs is 2. The van der Waals surface area contributed by atoms with E-state index in [0.717, 1.165) is 5.56 Å². The number of carbonyl (C=O) groups is 5. The number of benzene rings is 3. The molecule has 1 aliphatic carbocycles. The zero-order valence-electron chi connectivity index (χ0n) is 22.2. The van der Waals surface area contributed by atoms with E-state index in [1.165, 1.54) is 28.0 Å². The molecule has 1 unspecified atom stereocenters. The minimum atomic E-state index is -1.23. The van der Waals surface area contributed by atoms with E-state index in [2.05, 4.69) is 5.32 Å². The van der Waals surface area contributed by atoms with Crippen molar-refractivity contribution >= 4 is 29.5 Å². The van der Waals surface area contributed by atoms with Gasteiger partial charge in [-0.25, -0.2) is 4.79 Å². The Bertz CT molecular complexity index is 1500. The van der Waals surface area contributed by atoms with E-state index in [4.69, 9.17) is 4.74 Å². The van der Waals surface area contributed by atoms with Crippen LogP contribution in [-0.2, 0) is 16.1 Å². The van der Waals surface area contributed by atoms with Gasteiger partial charge in [0.2, 0.25) is 5.91 Å². The summed E-state index contributed by atoms with van der Waals surface area (Å²) < 4.78 is 5.40. The van der Waals surface area contributed by atoms with Crippen molar-refractivity contribution in [3.05, 3.63) is 106 Å². The second-order valence-corrected chi connectivity index (χ2v) is 9.88. The van der Waals surface area contributed by atoms with Gasteiger partial charge in [-0.1, -0.05) is 54.6 Å². The van der Waals surface area contributed by atoms with Crippen LogP contribution in [0, 0.1) is 0 Å². The largest absolute Gasteiger partial charge is 0.445 e. The lowest BCUT2D eigenvalue weighted by atomic mass is 9.83. The molecular weight excluding hydrogens is 526 g/mol. The SMILES string of the molecule is O=C(NC(CO)C(=O)N1CCCN(C(=O)OCc2ccccc2)CC1)c1ccc2c(c1)C(=O)c1ccccc1C2=O. The summed E-state index contributed by atoms with van der Waals surface area (Å²) in [4.78, 5) is 67.7. The Balaban J connectivity index is 1.20. The van der Waals surface area contributed by atoms with Crippen molar-refractivity contribution in [3.63, 3.8) is 0 Å². The molecular formula is C31H29N3O7. The summed E-state index contributed by atoms with van der Waals surface area (Å²) in [5, 5.41) is 12.5. The minimum absolute atomic E-state index is 0.0822. The number of nitrogens with zero attached hydrogens (tertiary/aromatic N) is 2. The number of carbonyl (C=O) groups excluding carboxylic acids is 5. The maximum absolute atomic E-state index is 13.2. The third kappa shape index (κ3) is 5.87. The molecule has 210 valence electrons. The number of nitrogens with one attached hydrogen (secondary N) is 1. The Morgan fingerprint density at radius 2 is 1.39 bits per heavy atom. The number of hydrogen-bond donors (Lipinski definition) is 2. The fourth-order valence-corrected chi connectivity index (χ4v) is 5.02. The third-order valence-corrected chi connectivity index (χ3v) is 7.24. The van der Waals surface area contributed by atoms with Crippen LogP contribution in [0.3, 0.4) is 0 Å². The van der Waals surface area contributed by atoms with Gasteiger partial charge in [0.1, 0.15) is 12.6 Å². The van der Waals surface area contributed by atoms with Crippen LogP contribution < -0.4 is 5.32 Å². The summed E-state index contributed by atoms with van der Waals surface area (Å²) in [6.45, 7) is 0.696. The van der Waals surface area contributed by atoms with Crippen LogP contribution in [0.2, 0.25) is 0 Å². The molecule has 0 radical (unpaired) electrons. The highest BCUT2D eigenvalue weighted by Crippen LogP contribution is 2.28. The third-order valence-electron chi connectivity index (χ3n) is 7.24. The van der Waals surface area contributed by atoms with Gasteiger partial charge in [0.05, 0.1) is 6.61 Å². The van der Waals surface area contributed by atoms with Crippen molar-refractivity contribution in [3.8, 4) is 0 Å². The average Bonchev–Trinajstić information content (AvgIpc) is 3.28. The number of rotatable bonds is 6. The molecule has 41 heavy (non-hydrogen) atoms. The molecule has 3 aromatic rings. The molecule has 10 nitrogen and oxygen atoms in total. The first-order valence-corrected chi connectivity index (χ1v) is 13.4. The molecule has 2 aliphatic rings. The smallest absolute Gasteiger partial charge is 0.410 e. The molecule has 1 saturated heterocycles. The van der Waals surface area contributed by atoms with Crippen LogP contribution in [0.25, 0.3) is 0 Å². The molecule has 1 heterocycles. The predicted molar refractivity (Wildman–Crippen MR) is 147 cm³/mol. The molecule has 0 aromatic heterocycles. The molecule has 3 amide bonds. The van der Waals surface area contributed by atoms with E-state index in [1.807, 2.05) is 30.3 Å². The Hall–Kier alpha value is -4.83. The summed E-state index contributed by atoms with van der Waals surface area (Å²) >= 11 is 0. The van der Waals surface area contributed by atoms with E-state index in [0.29, 0.717) is 25.1 Å². The standard InChI is InChI=1S/C31H29N3O7/c35-18-26(30(39)33-13-6-14-34(16-15-33)31(40)41-19-20-7-2-1-3-8-20)32-29(38)21-11-12-24-25(17-21)28(37)23-10-5-4-9-22(23)27(24)36/h1-5,7-12,17,26,35H,6,13-16,18-19H2,(H,32,38). The molecule has 2 N–H and O–H groups in total. The van der Waals surface area contributed by atoms with Crippen LogP contribution in [0.5, 0.6) is 0 Å². The van der Waals surface area contributed by atoms with E-state index in [1.54, 1.807) is 24.3 Å². The molecule has 1 atom stereocenters. The van der Waals surface area contributed by atoms with Crippen LogP contribution in [0.1, 0.15) is 54.2 Å². The Morgan fingerprint density at radius 3 is 2.10 bits per heavy atom. The summed E-state index contributed by atoms with van der Waals surface area (Å²) in [6.07, 6.45) is 0.0268. The van der Waals surface area contributed by atoms with E-state index >= 15 is 0 Å². The average molecular weight is 556 g/mol. The maximum atomic E-state index is 13.2. The van der Waals surface area contributed by atoms with Gasteiger partial charge in [-0.3, -0.25) is 19.2 Å². The minimum Gasteiger partial charge on any atom is -0.445 e. The quantitative estimate of drug-likeness (QED) is 0.373. The fraction of sp³-hybridized carbons (Fsp3) is 0.258. The van der Waals surface area contributed by atoms with Crippen LogP contribution in [0.4, 0.5) is 4.79 Å². The highest BCUT2D eigenvalue weighted by Gasteiger charge is 2.32. The van der Waals surface area contributed by atoms with E-state index in [-0.39, 0.29) is 53.5 Å². The first kappa shape index (κ1) is 27.7. The van der Waals surface area contributed by atoms with Crippen molar-refractivity contribution in [2.45, 2.75) is 19.1 Å². The van der Waals surface area contributed by atoms with Gasteiger partial charge in [0, 0.05) is 54.0 Å². The Kier molecular flexibility index (Phi) is 8.21. The highest BCUT2D eigenvalue weighted by atomic mass is 16.6. The van der Waals surface area contributed by atoms with Gasteiger partial charge < -0.3 is 25.0 Å². The summed E-state index contributed by atoms with van der Waals surface area (Å²) in [7, 11) is 0. The second-order valence-electron chi connectivity index (χ2n) is 9.88. The number of hydrogen-bond acceptors (Lipinski definition) is 7. The zero-order valence-corrected chi connectivity index (χ0v) is 22.2. The first-order valence-electron chi connectivity index (χ1n) is 13.4. The summed E-state index contributed by atoms with van der Waals surface area (Å²) in [5.74, 6) is -1.82. The van der Waals surface area contributed by atoms with Crippen molar-refractivity contribution in [2.75, 3.05) is 32.8 Å². The van der Waals surface area contributed by atoms with E-state index in [9.17, 15) is 29.1 Å². The lowest BCUT2D eigenvalue weighted by molar-refractivity contribution is -0.134. The lowest BCUT2D eigenvalue weighted by Gasteiger charge is -2.26. The van der Waals surface area contributed by atoms with Crippen LogP contribution in [0.15, 0.2) is 72.8 Å². The number of ketones is 2. The lowest BCUT2D eigenvalue weighted by Crippen LogP contribution is -2.51. The highest BCUT2D eigenvalue weighted by molar-refractivity contribution is 6.28. The zero-order chi connectivity index (χ0) is 28.9. The monoisotopic (exact) mass is 555 g/mol. The maximum Gasteiger partial charge on any atom is 0.410 e. The fourth-order valence-electron chi connectivity index (χ4n) is 5.02. The topological polar surface area (TPSA) is 133 Å². The molecule has 10 heteroatoms. The van der Waals surface area contributed by atoms with Gasteiger partial charge >= 0.3 is 6.09 Å². The number of amides is 3. The number of aliphatic hydroxyl groups is 1. The molecule has 3 aromatic carbocycles. The van der Waals surface area contributed by atoms with Gasteiger partial charge in [0.15, 0.2) is 11.6 Å². The number of ether oxygens (including phenoxy) is 1. The van der Waals surface area contributed by atoms with Crippen molar-refractivity contribution in [1.82, 2.24) is 15.1 Å². The summed E-state index contributed by atoms with van der Waals surface area (Å²) in [5.41, 5.74) is 1.85. The predicted octanol–water partition coefficient (Wildman–Crippen LogP) is 2.42. The van der Waals surface area contributed by atoms with Gasteiger partial charge in [-0.05, 0) is 30.2 Å². The van der Waals surface area contributed by atoms with E-state index < -0.39 is 30.6 Å². The number of aliphatic hydroxyl groups excluding tert-OH is 1. The Morgan fingerprint density at radius 1 is 0.780 bits per heavy atom. The van der Waals surface area contributed by atoms with Crippen molar-refractivity contribution in [1.29, 1.82) is 0 Å². The molecule has 0 spiro atoms.